The van der Waals surface area contributed by atoms with Crippen LogP contribution in [0.25, 0.3) is 0 Å². The van der Waals surface area contributed by atoms with Gasteiger partial charge in [0.15, 0.2) is 11.4 Å². The van der Waals surface area contributed by atoms with E-state index in [4.69, 9.17) is 77.9 Å². The molecule has 4 rings (SSSR count). The van der Waals surface area contributed by atoms with Gasteiger partial charge in [0.25, 0.3) is 0 Å². The quantitative estimate of drug-likeness (QED) is 0.0196. The predicted molar refractivity (Wildman–Crippen MR) is 362 cm³/mol. The van der Waals surface area contributed by atoms with Crippen LogP contribution in [0.2, 0.25) is 0 Å². The van der Waals surface area contributed by atoms with Crippen molar-refractivity contribution < 1.29 is 115 Å². The zero-order valence-corrected chi connectivity index (χ0v) is 61.0. The molecule has 0 heterocycles. The lowest BCUT2D eigenvalue weighted by atomic mass is 9.45. The van der Waals surface area contributed by atoms with Crippen LogP contribution in [0.5, 0.6) is 0 Å². The lowest BCUT2D eigenvalue weighted by Gasteiger charge is -2.64. The summed E-state index contributed by atoms with van der Waals surface area (Å²) < 4.78 is 77.0. The summed E-state index contributed by atoms with van der Waals surface area (Å²) in [5.74, 6) is -5.81. The number of fused-ring (bicyclic) bond motifs is 5. The van der Waals surface area contributed by atoms with E-state index in [0.717, 1.165) is 5.57 Å². The number of hydrogen-bond donors (Lipinski definition) is 7. The van der Waals surface area contributed by atoms with Crippen molar-refractivity contribution in [2.24, 2.45) is 28.6 Å². The molecule has 4 aliphatic rings. The van der Waals surface area contributed by atoms with Crippen LogP contribution >= 0.6 is 27.5 Å². The highest BCUT2D eigenvalue weighted by Crippen LogP contribution is 2.72. The van der Waals surface area contributed by atoms with Gasteiger partial charge < -0.3 is 103 Å². The fourth-order valence-electron chi connectivity index (χ4n) is 12.9. The second-order valence-electron chi connectivity index (χ2n) is 24.8. The Bertz CT molecular complexity index is 2540. The third-order valence-electron chi connectivity index (χ3n) is 18.0. The van der Waals surface area contributed by atoms with Gasteiger partial charge in [-0.25, -0.2) is 0 Å². The summed E-state index contributed by atoms with van der Waals surface area (Å²) in [7, 11) is 1.63. The number of Topliss-reactive ketones (excluding diaryl/α,β-unsaturated/α-hetero) is 1. The average molecular weight is 1500 g/mol. The molecule has 0 bridgehead atoms. The molecule has 7 N–H and O–H groups in total. The number of rotatable bonds is 57. The third-order valence-corrected chi connectivity index (χ3v) is 19.5. The van der Waals surface area contributed by atoms with Gasteiger partial charge in [-0.15, -0.1) is 11.6 Å². The van der Waals surface area contributed by atoms with Crippen molar-refractivity contribution in [2.45, 2.75) is 121 Å². The number of unbranched alkanes of at least 4 members (excludes halogenated alkanes) is 1. The number of methoxy groups -OCH3 is 1. The van der Waals surface area contributed by atoms with Crippen LogP contribution in [0, 0.1) is 28.6 Å². The molecule has 1 unspecified atom stereocenters. The summed E-state index contributed by atoms with van der Waals surface area (Å²) in [6.45, 7) is 17.0. The van der Waals surface area contributed by atoms with Gasteiger partial charge in [0.05, 0.1) is 181 Å². The number of amides is 6. The first-order valence-corrected chi connectivity index (χ1v) is 35.9. The summed E-state index contributed by atoms with van der Waals surface area (Å²) in [4.78, 5) is 115. The number of esters is 1. The summed E-state index contributed by atoms with van der Waals surface area (Å²) in [5, 5.41) is 27.2. The van der Waals surface area contributed by atoms with Crippen molar-refractivity contribution >= 4 is 80.5 Å². The number of nitrogens with one attached hydrogen (secondary N) is 6. The van der Waals surface area contributed by atoms with Gasteiger partial charge in [-0.05, 0) is 75.9 Å². The Morgan fingerprint density at radius 3 is 1.63 bits per heavy atom. The molecule has 30 nitrogen and oxygen atoms in total. The predicted octanol–water partition coefficient (Wildman–Crippen LogP) is 1.35. The molecule has 3 saturated carbocycles. The zero-order valence-electron chi connectivity index (χ0n) is 58.7. The van der Waals surface area contributed by atoms with Gasteiger partial charge in [-0.3, -0.25) is 43.2 Å². The lowest BCUT2D eigenvalue weighted by molar-refractivity contribution is -0.203. The topological polar surface area (TPSA) is 375 Å². The van der Waals surface area contributed by atoms with Crippen LogP contribution in [-0.2, 0) is 109 Å². The first kappa shape index (κ1) is 86.7. The van der Waals surface area contributed by atoms with E-state index in [0.29, 0.717) is 184 Å². The van der Waals surface area contributed by atoms with Gasteiger partial charge in [0.2, 0.25) is 41.2 Å². The maximum absolute atomic E-state index is 14.5. The molecule has 566 valence electrons. The fraction of sp³-hybridized carbons (Fsp3) is 0.806. The molecule has 0 radical (unpaired) electrons. The van der Waals surface area contributed by atoms with Crippen LogP contribution in [0.4, 0.5) is 0 Å². The average Bonchev–Trinajstić information content (AvgIpc) is 1.61. The molecule has 3 fully saturated rings. The van der Waals surface area contributed by atoms with Crippen molar-refractivity contribution in [3.05, 3.63) is 23.8 Å². The summed E-state index contributed by atoms with van der Waals surface area (Å²) in [5.41, 5.74) is -2.74. The van der Waals surface area contributed by atoms with E-state index >= 15 is 0 Å². The molecule has 0 aromatic heterocycles. The number of hydrogen-bond acceptors (Lipinski definition) is 24. The van der Waals surface area contributed by atoms with Crippen LogP contribution in [0.15, 0.2) is 23.8 Å². The number of aliphatic hydroxyl groups is 1. The third kappa shape index (κ3) is 28.8. The Kier molecular flexibility index (Phi) is 42.3. The van der Waals surface area contributed by atoms with Crippen LogP contribution in [0.3, 0.4) is 0 Å². The second kappa shape index (κ2) is 48.3. The van der Waals surface area contributed by atoms with Crippen molar-refractivity contribution in [3.8, 4) is 0 Å². The lowest BCUT2D eigenvalue weighted by Crippen LogP contribution is -2.69. The maximum Gasteiger partial charge on any atom is 0.306 e. The number of carbonyl (C=O) groups is 9. The van der Waals surface area contributed by atoms with E-state index in [2.05, 4.69) is 47.8 Å². The van der Waals surface area contributed by atoms with E-state index in [-0.39, 0.29) is 61.1 Å². The van der Waals surface area contributed by atoms with Gasteiger partial charge in [-0.1, -0.05) is 55.3 Å². The second-order valence-corrected chi connectivity index (χ2v) is 26.0. The molecule has 4 aliphatic carbocycles. The Morgan fingerprint density at radius 2 is 1.12 bits per heavy atom. The molecule has 0 aliphatic heterocycles. The van der Waals surface area contributed by atoms with Crippen LogP contribution in [0.1, 0.15) is 92.4 Å². The van der Waals surface area contributed by atoms with Gasteiger partial charge in [0.1, 0.15) is 25.4 Å². The highest BCUT2D eigenvalue weighted by Gasteiger charge is 2.76. The van der Waals surface area contributed by atoms with Crippen molar-refractivity contribution in [2.75, 3.05) is 197 Å². The first-order chi connectivity index (χ1) is 47.6. The number of ether oxygens (including phenoxy) is 14. The van der Waals surface area contributed by atoms with Crippen LogP contribution < -0.4 is 31.9 Å². The number of halogens is 2. The minimum atomic E-state index is -1.70. The molecule has 99 heavy (non-hydrogen) atoms. The highest BCUT2D eigenvalue weighted by molar-refractivity contribution is 9.09. The van der Waals surface area contributed by atoms with E-state index in [9.17, 15) is 48.3 Å². The Balaban J connectivity index is 0.961. The standard InChI is InChI=1S/C67H110BrClN6O24/c1-7-61(83)99-67(48(2)40-53-52-12-11-50-41-51(76)13-15-64(50,4)66(52,69)55(77)42-65(53,67)5)56(78)46-98-47-73-60(82)44-71-59(81)45-72-62(84)49(3)74-63(85)54(75-58(80)43-68)10-8-9-16-70-57(79)14-17-87-20-21-89-24-25-91-28-29-93-32-33-95-36-37-97-39-38-96-35-34-94-31-30-92-27-26-90-23-22-88-19-18-86-6/h13,15,41,48-49,52-55,77H,7-12,14,16-40,42-47H2,1-6H3,(H,70,79)(H,71,81)(H,72,84)(H,73,82)(H,74,85)(H,75,80)/t48-,49-,52-,53-,54-,55-,64-,65-,66-,67?/m0/s1. The van der Waals surface area contributed by atoms with Crippen molar-refractivity contribution in [1.82, 2.24) is 31.9 Å². The van der Waals surface area contributed by atoms with Gasteiger partial charge in [-0.2, -0.15) is 0 Å². The van der Waals surface area contributed by atoms with E-state index < -0.39 is 113 Å². The molecule has 10 atom stereocenters. The van der Waals surface area contributed by atoms with Gasteiger partial charge >= 0.3 is 5.97 Å². The Labute approximate surface area is 595 Å². The van der Waals surface area contributed by atoms with Crippen LogP contribution in [-0.4, -0.2) is 284 Å². The summed E-state index contributed by atoms with van der Waals surface area (Å²) >= 11 is 10.7. The largest absolute Gasteiger partial charge is 0.450 e. The Hall–Kier alpha value is -4.68. The molecular formula is C67H110BrClN6O24. The molecule has 0 aromatic carbocycles. The van der Waals surface area contributed by atoms with Crippen molar-refractivity contribution in [1.29, 1.82) is 0 Å². The molecule has 32 heteroatoms. The number of aliphatic hydroxyl groups excluding tert-OH is 1. The van der Waals surface area contributed by atoms with E-state index in [1.807, 2.05) is 20.8 Å². The SMILES string of the molecule is CCC(=O)OC1(C(=O)COCNC(=O)CNC(=O)CNC(=O)[C@H](C)NC(=O)[C@H](CCCCNC(=O)CCOCCOCCOCCOCCOCCOCCOCCOCCOCCOCCOCCOC)NC(=O)CBr)[C@@H](C)C[C@H]2[C@@H]3CCC4=CC(=O)C=C[C@]4(C)[C@@]3(Cl)[C@@H](O)C[C@@]21C. The number of carbonyl (C=O) groups excluding carboxylic acids is 9. The van der Waals surface area contributed by atoms with Gasteiger partial charge in [0, 0.05) is 43.2 Å². The van der Waals surface area contributed by atoms with E-state index in [1.54, 1.807) is 26.2 Å². The maximum atomic E-state index is 14.5. The monoisotopic (exact) mass is 1500 g/mol. The Morgan fingerprint density at radius 1 is 0.626 bits per heavy atom. The zero-order chi connectivity index (χ0) is 72.4. The van der Waals surface area contributed by atoms with E-state index in [1.165, 1.54) is 13.0 Å². The smallest absolute Gasteiger partial charge is 0.306 e. The minimum Gasteiger partial charge on any atom is -0.450 e. The normalized spacial score (nSPS) is 23.6. The number of ketones is 2. The molecule has 0 aromatic rings. The summed E-state index contributed by atoms with van der Waals surface area (Å²) in [6.07, 6.45) is 6.55. The highest BCUT2D eigenvalue weighted by atomic mass is 79.9. The fourth-order valence-corrected chi connectivity index (χ4v) is 13.6. The summed E-state index contributed by atoms with van der Waals surface area (Å²) in [6, 6.07) is -2.14. The minimum absolute atomic E-state index is 0.00935. The molecule has 6 amide bonds. The number of alkyl halides is 2. The van der Waals surface area contributed by atoms with Crippen molar-refractivity contribution in [3.63, 3.8) is 0 Å². The molecule has 0 spiro atoms. The first-order valence-electron chi connectivity index (χ1n) is 34.4. The molecular weight excluding hydrogens is 1390 g/mol. The molecule has 0 saturated heterocycles. The number of allylic oxidation sites excluding steroid dienone is 4.